The van der Waals surface area contributed by atoms with Gasteiger partial charge in [-0.1, -0.05) is 35.9 Å². The number of aliphatic hydroxyl groups excluding tert-OH is 1. The molecule has 2 aliphatic carbocycles. The molecule has 1 aromatic carbocycles. The van der Waals surface area contributed by atoms with Gasteiger partial charge in [0.05, 0.1) is 6.10 Å². The van der Waals surface area contributed by atoms with Gasteiger partial charge in [0.15, 0.2) is 0 Å². The molecule has 7 nitrogen and oxygen atoms in total. The molecule has 7 heteroatoms. The second-order valence-corrected chi connectivity index (χ2v) is 10.9. The normalized spacial score (nSPS) is 23.1. The number of allylic oxidation sites excluding steroid dienone is 1. The number of hydrogen-bond acceptors (Lipinski definition) is 6. The molecule has 6 rings (SSSR count). The number of likely N-dealkylation sites (N-methyl/N-ethyl adjacent to an activating group) is 1. The summed E-state index contributed by atoms with van der Waals surface area (Å²) in [4.78, 5) is 14.6. The molecule has 0 atom stereocenters. The first kappa shape index (κ1) is 23.6. The molecule has 1 saturated heterocycles. The first-order valence-electron chi connectivity index (χ1n) is 13.6. The third kappa shape index (κ3) is 5.33. The van der Waals surface area contributed by atoms with E-state index in [9.17, 15) is 5.11 Å². The fourth-order valence-corrected chi connectivity index (χ4v) is 5.62. The van der Waals surface area contributed by atoms with E-state index in [-0.39, 0.29) is 6.10 Å². The highest BCUT2D eigenvalue weighted by Crippen LogP contribution is 2.37. The third-order valence-corrected chi connectivity index (χ3v) is 8.12. The van der Waals surface area contributed by atoms with Crippen molar-refractivity contribution in [1.29, 1.82) is 0 Å². The SMILES string of the molecule is CN1CCN(Cc2ccc(-c3cn(C4CCC(O)CC4)c4nc(NCCC5=CC5)ncc34)cc2)CC1. The van der Waals surface area contributed by atoms with Gasteiger partial charge in [-0.05, 0) is 56.7 Å². The predicted octanol–water partition coefficient (Wildman–Crippen LogP) is 4.45. The Labute approximate surface area is 213 Å². The third-order valence-electron chi connectivity index (χ3n) is 8.12. The molecular weight excluding hydrogens is 448 g/mol. The first-order valence-corrected chi connectivity index (χ1v) is 13.6. The van der Waals surface area contributed by atoms with Crippen LogP contribution in [0.4, 0.5) is 5.95 Å². The van der Waals surface area contributed by atoms with Crippen molar-refractivity contribution in [2.45, 2.75) is 57.2 Å². The van der Waals surface area contributed by atoms with Crippen LogP contribution in [0.5, 0.6) is 0 Å². The van der Waals surface area contributed by atoms with E-state index in [1.54, 1.807) is 0 Å². The number of anilines is 1. The largest absolute Gasteiger partial charge is 0.393 e. The lowest BCUT2D eigenvalue weighted by molar-refractivity contribution is 0.111. The molecule has 0 spiro atoms. The predicted molar refractivity (Wildman–Crippen MR) is 145 cm³/mol. The molecule has 190 valence electrons. The van der Waals surface area contributed by atoms with Crippen molar-refractivity contribution >= 4 is 17.0 Å². The zero-order valence-corrected chi connectivity index (χ0v) is 21.4. The van der Waals surface area contributed by atoms with Crippen molar-refractivity contribution < 1.29 is 5.11 Å². The van der Waals surface area contributed by atoms with Gasteiger partial charge in [0, 0.05) is 68.7 Å². The summed E-state index contributed by atoms with van der Waals surface area (Å²) in [5.74, 6) is 0.702. The van der Waals surface area contributed by atoms with E-state index >= 15 is 0 Å². The minimum Gasteiger partial charge on any atom is -0.393 e. The molecule has 0 amide bonds. The Morgan fingerprint density at radius 1 is 1.03 bits per heavy atom. The molecule has 0 unspecified atom stereocenters. The summed E-state index contributed by atoms with van der Waals surface area (Å²) in [6, 6.07) is 9.42. The Morgan fingerprint density at radius 2 is 1.78 bits per heavy atom. The minimum atomic E-state index is -0.168. The standard InChI is InChI=1S/C29H38N6O/c1-33-14-16-34(17-15-33)19-22-4-6-23(7-5-22)27-20-35(24-8-10-25(36)11-9-24)28-26(27)18-31-29(32-28)30-13-12-21-2-3-21/h2,4-7,18,20,24-25,36H,3,8-17,19H2,1H3,(H,30,31,32). The Kier molecular flexibility index (Phi) is 6.78. The number of nitrogens with one attached hydrogen (secondary N) is 1. The van der Waals surface area contributed by atoms with Crippen LogP contribution < -0.4 is 5.32 Å². The van der Waals surface area contributed by atoms with Crippen LogP contribution in [0.3, 0.4) is 0 Å². The van der Waals surface area contributed by atoms with Crippen molar-refractivity contribution in [1.82, 2.24) is 24.3 Å². The monoisotopic (exact) mass is 486 g/mol. The maximum absolute atomic E-state index is 10.1. The average molecular weight is 487 g/mol. The van der Waals surface area contributed by atoms with E-state index in [2.05, 4.69) is 68.3 Å². The highest BCUT2D eigenvalue weighted by Gasteiger charge is 2.24. The molecule has 1 aliphatic heterocycles. The smallest absolute Gasteiger partial charge is 0.224 e. The molecule has 2 N–H and O–H groups in total. The number of piperazine rings is 1. The van der Waals surface area contributed by atoms with Gasteiger partial charge in [-0.25, -0.2) is 4.98 Å². The topological polar surface area (TPSA) is 69.5 Å². The number of rotatable bonds is 8. The van der Waals surface area contributed by atoms with Gasteiger partial charge in [-0.2, -0.15) is 4.98 Å². The van der Waals surface area contributed by atoms with Gasteiger partial charge < -0.3 is 19.9 Å². The molecule has 3 heterocycles. The molecule has 0 radical (unpaired) electrons. The summed E-state index contributed by atoms with van der Waals surface area (Å²) in [7, 11) is 2.20. The summed E-state index contributed by atoms with van der Waals surface area (Å²) >= 11 is 0. The molecule has 3 aliphatic rings. The number of hydrogen-bond donors (Lipinski definition) is 2. The summed E-state index contributed by atoms with van der Waals surface area (Å²) in [5, 5.41) is 14.6. The van der Waals surface area contributed by atoms with E-state index in [4.69, 9.17) is 4.98 Å². The number of fused-ring (bicyclic) bond motifs is 1. The summed E-state index contributed by atoms with van der Waals surface area (Å²) in [5.41, 5.74) is 6.28. The van der Waals surface area contributed by atoms with E-state index < -0.39 is 0 Å². The summed E-state index contributed by atoms with van der Waals surface area (Å²) in [6.07, 6.45) is 12.3. The number of benzene rings is 1. The van der Waals surface area contributed by atoms with Gasteiger partial charge in [0.1, 0.15) is 5.65 Å². The highest BCUT2D eigenvalue weighted by molar-refractivity contribution is 5.94. The van der Waals surface area contributed by atoms with E-state index in [0.717, 1.165) is 88.8 Å². The first-order chi connectivity index (χ1) is 17.6. The zero-order valence-electron chi connectivity index (χ0n) is 21.4. The van der Waals surface area contributed by atoms with Crippen LogP contribution in [0.15, 0.2) is 48.3 Å². The van der Waals surface area contributed by atoms with Crippen molar-refractivity contribution in [2.24, 2.45) is 0 Å². The number of aromatic nitrogens is 3. The van der Waals surface area contributed by atoms with E-state index in [1.807, 2.05) is 6.20 Å². The lowest BCUT2D eigenvalue weighted by atomic mass is 9.93. The zero-order chi connectivity index (χ0) is 24.5. The van der Waals surface area contributed by atoms with Crippen LogP contribution in [0.2, 0.25) is 0 Å². The van der Waals surface area contributed by atoms with Crippen LogP contribution in [0, 0.1) is 0 Å². The molecule has 1 saturated carbocycles. The Bertz CT molecular complexity index is 1220. The molecule has 0 bridgehead atoms. The fourth-order valence-electron chi connectivity index (χ4n) is 5.62. The lowest BCUT2D eigenvalue weighted by Crippen LogP contribution is -2.43. The molecular formula is C29H38N6O. The number of nitrogens with zero attached hydrogens (tertiary/aromatic N) is 5. The second kappa shape index (κ2) is 10.3. The van der Waals surface area contributed by atoms with Gasteiger partial charge in [0.2, 0.25) is 5.95 Å². The molecule has 3 aromatic rings. The Hall–Kier alpha value is -2.74. The van der Waals surface area contributed by atoms with Crippen LogP contribution >= 0.6 is 0 Å². The molecule has 2 fully saturated rings. The highest BCUT2D eigenvalue weighted by atomic mass is 16.3. The van der Waals surface area contributed by atoms with Crippen LogP contribution in [-0.4, -0.2) is 75.3 Å². The molecule has 36 heavy (non-hydrogen) atoms. The Morgan fingerprint density at radius 3 is 2.50 bits per heavy atom. The second-order valence-electron chi connectivity index (χ2n) is 10.9. The summed E-state index contributed by atoms with van der Waals surface area (Å²) in [6.45, 7) is 6.43. The van der Waals surface area contributed by atoms with Crippen LogP contribution in [-0.2, 0) is 6.54 Å². The van der Waals surface area contributed by atoms with Gasteiger partial charge in [-0.15, -0.1) is 0 Å². The lowest BCUT2D eigenvalue weighted by Gasteiger charge is -2.32. The maximum atomic E-state index is 10.1. The van der Waals surface area contributed by atoms with Crippen molar-refractivity contribution in [3.63, 3.8) is 0 Å². The van der Waals surface area contributed by atoms with Crippen molar-refractivity contribution in [2.75, 3.05) is 45.1 Å². The quantitative estimate of drug-likeness (QED) is 0.459. The van der Waals surface area contributed by atoms with E-state index in [1.165, 1.54) is 22.3 Å². The van der Waals surface area contributed by atoms with Crippen molar-refractivity contribution in [3.05, 3.63) is 53.9 Å². The summed E-state index contributed by atoms with van der Waals surface area (Å²) < 4.78 is 2.35. The maximum Gasteiger partial charge on any atom is 0.224 e. The average Bonchev–Trinajstić information content (AvgIpc) is 3.65. The van der Waals surface area contributed by atoms with Crippen molar-refractivity contribution in [3.8, 4) is 11.1 Å². The van der Waals surface area contributed by atoms with Gasteiger partial charge in [-0.3, -0.25) is 4.90 Å². The van der Waals surface area contributed by atoms with Gasteiger partial charge >= 0.3 is 0 Å². The van der Waals surface area contributed by atoms with Crippen LogP contribution in [0.25, 0.3) is 22.2 Å². The van der Waals surface area contributed by atoms with E-state index in [0.29, 0.717) is 12.0 Å². The van der Waals surface area contributed by atoms with Gasteiger partial charge in [0.25, 0.3) is 0 Å². The Balaban J connectivity index is 1.26. The minimum absolute atomic E-state index is 0.168. The molecule has 2 aromatic heterocycles. The van der Waals surface area contributed by atoms with Crippen LogP contribution in [0.1, 0.15) is 50.1 Å². The fraction of sp³-hybridized carbons (Fsp3) is 0.517. The number of aliphatic hydroxyl groups is 1.